The van der Waals surface area contributed by atoms with Crippen LogP contribution in [0.5, 0.6) is 0 Å². The fourth-order valence-corrected chi connectivity index (χ4v) is 5.03. The maximum absolute atomic E-state index is 15.2. The lowest BCUT2D eigenvalue weighted by Gasteiger charge is -2.36. The van der Waals surface area contributed by atoms with Crippen LogP contribution in [0.15, 0.2) is 59.5 Å². The predicted molar refractivity (Wildman–Crippen MR) is 137 cm³/mol. The number of carbonyl (C=O) groups is 1. The smallest absolute Gasteiger partial charge is 0.341 e. The number of carboxylic acids is 1. The zero-order valence-electron chi connectivity index (χ0n) is 20.2. The Morgan fingerprint density at radius 2 is 1.64 bits per heavy atom. The summed E-state index contributed by atoms with van der Waals surface area (Å²) in [5.41, 5.74) is 0.900. The minimum Gasteiger partial charge on any atom is -0.477 e. The summed E-state index contributed by atoms with van der Waals surface area (Å²) >= 11 is 0. The molecule has 2 heterocycles. The van der Waals surface area contributed by atoms with E-state index < -0.39 is 17.2 Å². The van der Waals surface area contributed by atoms with E-state index in [1.54, 1.807) is 16.7 Å². The summed E-state index contributed by atoms with van der Waals surface area (Å²) in [5.74, 6) is -2.11. The van der Waals surface area contributed by atoms with E-state index in [4.69, 9.17) is 0 Å². The minimum absolute atomic E-state index is 0.0617. The van der Waals surface area contributed by atoms with E-state index in [1.165, 1.54) is 12.3 Å². The molecule has 6 nitrogen and oxygen atoms in total. The summed E-state index contributed by atoms with van der Waals surface area (Å²) in [6.45, 7) is 6.99. The molecular weight excluding hydrogens is 464 g/mol. The second-order valence-electron chi connectivity index (χ2n) is 9.51. The van der Waals surface area contributed by atoms with E-state index in [-0.39, 0.29) is 22.8 Å². The molecule has 0 spiro atoms. The van der Waals surface area contributed by atoms with Crippen LogP contribution in [0.2, 0.25) is 0 Å². The summed E-state index contributed by atoms with van der Waals surface area (Å²) in [4.78, 5) is 28.5. The molecule has 1 fully saturated rings. The highest BCUT2D eigenvalue weighted by Crippen LogP contribution is 2.29. The second-order valence-corrected chi connectivity index (χ2v) is 9.51. The molecule has 0 radical (unpaired) electrons. The largest absolute Gasteiger partial charge is 0.477 e. The second kappa shape index (κ2) is 9.35. The van der Waals surface area contributed by atoms with Crippen molar-refractivity contribution >= 4 is 33.3 Å². The molecule has 0 unspecified atom stereocenters. The van der Waals surface area contributed by atoms with Crippen molar-refractivity contribution in [1.29, 1.82) is 0 Å². The van der Waals surface area contributed by atoms with Crippen molar-refractivity contribution < 1.29 is 18.7 Å². The quantitative estimate of drug-likeness (QED) is 0.424. The molecular formula is C28H27F2N3O3. The molecule has 5 rings (SSSR count). The van der Waals surface area contributed by atoms with E-state index in [2.05, 4.69) is 4.90 Å². The molecule has 1 N–H and O–H groups in total. The Labute approximate surface area is 207 Å². The predicted octanol–water partition coefficient (Wildman–Crippen LogP) is 5.03. The van der Waals surface area contributed by atoms with Gasteiger partial charge in [-0.3, -0.25) is 9.69 Å². The Morgan fingerprint density at radius 3 is 2.31 bits per heavy atom. The van der Waals surface area contributed by atoms with Gasteiger partial charge in [0, 0.05) is 55.7 Å². The van der Waals surface area contributed by atoms with Gasteiger partial charge in [-0.1, -0.05) is 30.3 Å². The summed E-state index contributed by atoms with van der Waals surface area (Å²) in [6, 6.07) is 13.5. The van der Waals surface area contributed by atoms with E-state index in [1.807, 2.05) is 43.0 Å². The molecule has 4 aromatic rings. The van der Waals surface area contributed by atoms with Crippen LogP contribution in [0, 0.1) is 11.6 Å². The number of fused-ring (bicyclic) bond motifs is 2. The third-order valence-corrected chi connectivity index (χ3v) is 6.96. The Bertz CT molecular complexity index is 1540. The Morgan fingerprint density at radius 1 is 0.944 bits per heavy atom. The normalized spacial score (nSPS) is 14.8. The summed E-state index contributed by atoms with van der Waals surface area (Å²) < 4.78 is 31.1. The van der Waals surface area contributed by atoms with Crippen molar-refractivity contribution in [1.82, 2.24) is 9.47 Å². The molecule has 3 aromatic carbocycles. The number of piperazine rings is 1. The van der Waals surface area contributed by atoms with Gasteiger partial charge >= 0.3 is 5.97 Å². The fourth-order valence-electron chi connectivity index (χ4n) is 5.03. The lowest BCUT2D eigenvalue weighted by Crippen LogP contribution is -2.46. The highest BCUT2D eigenvalue weighted by atomic mass is 19.1. The molecule has 0 bridgehead atoms. The number of nitrogens with zero attached hydrogens (tertiary/aromatic N) is 3. The van der Waals surface area contributed by atoms with Crippen molar-refractivity contribution in [2.75, 3.05) is 31.1 Å². The highest BCUT2D eigenvalue weighted by Gasteiger charge is 2.23. The summed E-state index contributed by atoms with van der Waals surface area (Å²) in [5, 5.41) is 11.0. The molecule has 0 saturated carbocycles. The van der Waals surface area contributed by atoms with Gasteiger partial charge in [0.1, 0.15) is 17.2 Å². The van der Waals surface area contributed by atoms with Gasteiger partial charge in [-0.25, -0.2) is 13.6 Å². The molecule has 1 aromatic heterocycles. The molecule has 186 valence electrons. The molecule has 0 amide bonds. The molecule has 1 saturated heterocycles. The number of hydrogen-bond donors (Lipinski definition) is 1. The molecule has 8 heteroatoms. The van der Waals surface area contributed by atoms with Crippen molar-refractivity contribution in [3.63, 3.8) is 0 Å². The number of pyridine rings is 1. The number of carboxylic acid groups (broad SMARTS) is 1. The third-order valence-electron chi connectivity index (χ3n) is 6.96. The highest BCUT2D eigenvalue weighted by molar-refractivity contribution is 5.93. The Balaban J connectivity index is 1.41. The first-order chi connectivity index (χ1) is 17.2. The lowest BCUT2D eigenvalue weighted by molar-refractivity contribution is 0.0694. The van der Waals surface area contributed by atoms with Crippen molar-refractivity contribution in [2.45, 2.75) is 26.4 Å². The van der Waals surface area contributed by atoms with E-state index in [0.717, 1.165) is 17.0 Å². The van der Waals surface area contributed by atoms with Gasteiger partial charge in [0.05, 0.1) is 11.2 Å². The monoisotopic (exact) mass is 491 g/mol. The number of benzene rings is 3. The molecule has 1 aliphatic heterocycles. The van der Waals surface area contributed by atoms with Gasteiger partial charge in [-0.15, -0.1) is 0 Å². The fraction of sp³-hybridized carbons (Fsp3) is 0.286. The van der Waals surface area contributed by atoms with Gasteiger partial charge in [0.15, 0.2) is 0 Å². The van der Waals surface area contributed by atoms with E-state index >= 15 is 4.39 Å². The average molecular weight is 492 g/mol. The van der Waals surface area contributed by atoms with Crippen LogP contribution < -0.4 is 10.3 Å². The van der Waals surface area contributed by atoms with Crippen molar-refractivity contribution in [3.8, 4) is 0 Å². The van der Waals surface area contributed by atoms with Gasteiger partial charge in [-0.2, -0.15) is 0 Å². The van der Waals surface area contributed by atoms with E-state index in [0.29, 0.717) is 49.3 Å². The van der Waals surface area contributed by atoms with Crippen molar-refractivity contribution in [2.24, 2.45) is 0 Å². The van der Waals surface area contributed by atoms with Crippen LogP contribution in [0.4, 0.5) is 14.5 Å². The number of hydrogen-bond acceptors (Lipinski definition) is 4. The van der Waals surface area contributed by atoms with Gasteiger partial charge in [0.2, 0.25) is 5.43 Å². The topological polar surface area (TPSA) is 65.8 Å². The van der Waals surface area contributed by atoms with Gasteiger partial charge < -0.3 is 14.6 Å². The number of aromatic carboxylic acids is 1. The Hall–Kier alpha value is -3.78. The first-order valence-corrected chi connectivity index (χ1v) is 12.0. The van der Waals surface area contributed by atoms with Crippen LogP contribution in [0.3, 0.4) is 0 Å². The molecule has 36 heavy (non-hydrogen) atoms. The van der Waals surface area contributed by atoms with Crippen molar-refractivity contribution in [3.05, 3.63) is 87.7 Å². The molecule has 0 aliphatic carbocycles. The molecule has 0 atom stereocenters. The standard InChI is InChI=1S/C28H27F2N3O3/c1-17(2)33-16-22(28(35)36)27(34)21-13-24(30)26(14-25(21)33)32-11-9-31(10-12-32)15-18-7-8-23(29)20-6-4-3-5-19(18)20/h3-8,13-14,16-17H,9-12,15H2,1-2H3,(H,35,36). The average Bonchev–Trinajstić information content (AvgIpc) is 2.86. The maximum Gasteiger partial charge on any atom is 0.341 e. The summed E-state index contributed by atoms with van der Waals surface area (Å²) in [6.07, 6.45) is 1.34. The maximum atomic E-state index is 15.2. The minimum atomic E-state index is -1.33. The van der Waals surface area contributed by atoms with Crippen LogP contribution in [-0.4, -0.2) is 46.7 Å². The van der Waals surface area contributed by atoms with Crippen LogP contribution >= 0.6 is 0 Å². The zero-order chi connectivity index (χ0) is 25.6. The zero-order valence-corrected chi connectivity index (χ0v) is 20.2. The SMILES string of the molecule is CC(C)n1cc(C(=O)O)c(=O)c2cc(F)c(N3CCN(Cc4ccc(F)c5ccccc45)CC3)cc21. The van der Waals surface area contributed by atoms with Crippen LogP contribution in [0.1, 0.15) is 35.8 Å². The first-order valence-electron chi connectivity index (χ1n) is 12.0. The summed E-state index contributed by atoms with van der Waals surface area (Å²) in [7, 11) is 0. The number of halogens is 2. The lowest BCUT2D eigenvalue weighted by atomic mass is 10.0. The van der Waals surface area contributed by atoms with Gasteiger partial charge in [0.25, 0.3) is 0 Å². The number of aromatic nitrogens is 1. The first kappa shape index (κ1) is 23.9. The third kappa shape index (κ3) is 4.22. The number of rotatable bonds is 5. The molecule has 1 aliphatic rings. The van der Waals surface area contributed by atoms with Crippen LogP contribution in [-0.2, 0) is 6.54 Å². The van der Waals surface area contributed by atoms with Gasteiger partial charge in [-0.05, 0) is 43.0 Å². The number of anilines is 1. The van der Waals surface area contributed by atoms with E-state index in [9.17, 15) is 19.1 Å². The Kier molecular flexibility index (Phi) is 6.22. The van der Waals surface area contributed by atoms with Crippen LogP contribution in [0.25, 0.3) is 21.7 Å².